The van der Waals surface area contributed by atoms with Crippen LogP contribution in [0.15, 0.2) is 23.1 Å². The van der Waals surface area contributed by atoms with E-state index in [0.717, 1.165) is 0 Å². The maximum Gasteiger partial charge on any atom is -0.00715 e. The summed E-state index contributed by atoms with van der Waals surface area (Å²) in [5.74, 6) is 1.42. The standard InChI is InChI=1S/C12H18S/c1-10-6-7-12-11(9-10)5-4-8-13(12,2)3/h6-7,9H,4-5,8H2,1-3H3. The first-order valence-electron chi connectivity index (χ1n) is 4.90. The van der Waals surface area contributed by atoms with Gasteiger partial charge < -0.3 is 0 Å². The van der Waals surface area contributed by atoms with Gasteiger partial charge in [-0.05, 0) is 54.6 Å². The SMILES string of the molecule is Cc1ccc2c(c1)CCCS2(C)C. The van der Waals surface area contributed by atoms with Crippen LogP contribution in [0.25, 0.3) is 0 Å². The summed E-state index contributed by atoms with van der Waals surface area (Å²) in [5, 5.41) is 0. The van der Waals surface area contributed by atoms with Crippen molar-refractivity contribution in [3.8, 4) is 0 Å². The lowest BCUT2D eigenvalue weighted by Gasteiger charge is -2.37. The Bertz CT molecular complexity index is 326. The first kappa shape index (κ1) is 9.14. The van der Waals surface area contributed by atoms with Crippen molar-refractivity contribution >= 4 is 10.0 Å². The molecule has 0 saturated carbocycles. The Labute approximate surface area is 82.7 Å². The molecule has 0 fully saturated rings. The summed E-state index contributed by atoms with van der Waals surface area (Å²) in [7, 11) is -0.459. The predicted molar refractivity (Wildman–Crippen MR) is 62.1 cm³/mol. The van der Waals surface area contributed by atoms with Crippen molar-refractivity contribution in [1.29, 1.82) is 0 Å². The number of rotatable bonds is 0. The minimum atomic E-state index is -0.459. The van der Waals surface area contributed by atoms with E-state index in [4.69, 9.17) is 0 Å². The molecule has 0 unspecified atom stereocenters. The van der Waals surface area contributed by atoms with E-state index in [0.29, 0.717) is 0 Å². The molecule has 0 amide bonds. The third-order valence-electron chi connectivity index (χ3n) is 2.91. The molecule has 0 radical (unpaired) electrons. The van der Waals surface area contributed by atoms with Crippen LogP contribution in [0.4, 0.5) is 0 Å². The first-order chi connectivity index (χ1) is 6.09. The fourth-order valence-electron chi connectivity index (χ4n) is 2.18. The highest BCUT2D eigenvalue weighted by Gasteiger charge is 2.22. The van der Waals surface area contributed by atoms with Gasteiger partial charge in [-0.25, -0.2) is 10.0 Å². The number of benzene rings is 1. The second-order valence-corrected chi connectivity index (χ2v) is 8.38. The lowest BCUT2D eigenvalue weighted by Crippen LogP contribution is -2.12. The normalized spacial score (nSPS) is 22.1. The zero-order chi connectivity index (χ0) is 9.47. The van der Waals surface area contributed by atoms with Crippen LogP contribution in [-0.4, -0.2) is 18.3 Å². The van der Waals surface area contributed by atoms with Crippen molar-refractivity contribution < 1.29 is 0 Å². The Morgan fingerprint density at radius 2 is 2.00 bits per heavy atom. The van der Waals surface area contributed by atoms with E-state index in [1.54, 1.807) is 10.5 Å². The zero-order valence-corrected chi connectivity index (χ0v) is 9.58. The summed E-state index contributed by atoms with van der Waals surface area (Å²) in [6, 6.07) is 7.00. The number of aryl methyl sites for hydroxylation is 2. The van der Waals surface area contributed by atoms with Crippen molar-refractivity contribution in [2.24, 2.45) is 0 Å². The van der Waals surface area contributed by atoms with E-state index in [1.165, 1.54) is 24.2 Å². The smallest absolute Gasteiger partial charge is 0.00715 e. The molecule has 1 aliphatic rings. The van der Waals surface area contributed by atoms with Crippen LogP contribution >= 0.6 is 10.0 Å². The Balaban J connectivity index is 2.53. The molecule has 0 spiro atoms. The lowest BCUT2D eigenvalue weighted by atomic mass is 10.1. The Hall–Kier alpha value is -0.430. The molecular formula is C12H18S. The molecule has 0 aliphatic carbocycles. The third kappa shape index (κ3) is 1.62. The summed E-state index contributed by atoms with van der Waals surface area (Å²) >= 11 is 0. The molecular weight excluding hydrogens is 176 g/mol. The molecule has 13 heavy (non-hydrogen) atoms. The van der Waals surface area contributed by atoms with Crippen LogP contribution in [0.5, 0.6) is 0 Å². The van der Waals surface area contributed by atoms with Gasteiger partial charge in [0.15, 0.2) is 0 Å². The van der Waals surface area contributed by atoms with E-state index in [-0.39, 0.29) is 0 Å². The van der Waals surface area contributed by atoms with Crippen LogP contribution in [0, 0.1) is 6.92 Å². The molecule has 0 saturated heterocycles. The number of hydrogen-bond acceptors (Lipinski definition) is 0. The minimum absolute atomic E-state index is 0.459. The fourth-order valence-corrected chi connectivity index (χ4v) is 4.57. The van der Waals surface area contributed by atoms with Gasteiger partial charge in [0.25, 0.3) is 0 Å². The van der Waals surface area contributed by atoms with E-state index in [1.807, 2.05) is 0 Å². The van der Waals surface area contributed by atoms with Gasteiger partial charge in [0.2, 0.25) is 0 Å². The highest BCUT2D eigenvalue weighted by atomic mass is 32.3. The minimum Gasteiger partial charge on any atom is -0.220 e. The van der Waals surface area contributed by atoms with E-state index in [9.17, 15) is 0 Å². The van der Waals surface area contributed by atoms with Gasteiger partial charge >= 0.3 is 0 Å². The molecule has 0 N–H and O–H groups in total. The lowest BCUT2D eigenvalue weighted by molar-refractivity contribution is 0.877. The molecule has 72 valence electrons. The maximum absolute atomic E-state index is 2.44. The maximum atomic E-state index is 2.44. The molecule has 2 rings (SSSR count). The summed E-state index contributed by atoms with van der Waals surface area (Å²) in [6.45, 7) is 2.19. The van der Waals surface area contributed by atoms with Gasteiger partial charge in [0.05, 0.1) is 0 Å². The summed E-state index contributed by atoms with van der Waals surface area (Å²) < 4.78 is 0. The molecule has 1 heteroatoms. The van der Waals surface area contributed by atoms with Crippen LogP contribution in [0.2, 0.25) is 0 Å². The van der Waals surface area contributed by atoms with Gasteiger partial charge in [-0.2, -0.15) is 0 Å². The highest BCUT2D eigenvalue weighted by molar-refractivity contribution is 8.32. The molecule has 1 heterocycles. The predicted octanol–water partition coefficient (Wildman–Crippen LogP) is 3.36. The summed E-state index contributed by atoms with van der Waals surface area (Å²) in [6.07, 6.45) is 7.58. The first-order valence-corrected chi connectivity index (χ1v) is 7.52. The molecule has 0 bridgehead atoms. The van der Waals surface area contributed by atoms with Crippen molar-refractivity contribution in [2.75, 3.05) is 18.3 Å². The summed E-state index contributed by atoms with van der Waals surface area (Å²) in [4.78, 5) is 1.66. The molecule has 1 aromatic rings. The second kappa shape index (κ2) is 3.06. The summed E-state index contributed by atoms with van der Waals surface area (Å²) in [5.41, 5.74) is 3.03. The largest absolute Gasteiger partial charge is 0.220 e. The Morgan fingerprint density at radius 1 is 1.23 bits per heavy atom. The average molecular weight is 194 g/mol. The van der Waals surface area contributed by atoms with Crippen LogP contribution in [-0.2, 0) is 6.42 Å². The van der Waals surface area contributed by atoms with Crippen LogP contribution in [0.1, 0.15) is 17.5 Å². The number of fused-ring (bicyclic) bond motifs is 1. The molecule has 0 nitrogen and oxygen atoms in total. The number of hydrogen-bond donors (Lipinski definition) is 0. The molecule has 1 aromatic carbocycles. The highest BCUT2D eigenvalue weighted by Crippen LogP contribution is 2.54. The van der Waals surface area contributed by atoms with Gasteiger partial charge in [-0.3, -0.25) is 0 Å². The van der Waals surface area contributed by atoms with Crippen LogP contribution < -0.4 is 0 Å². The van der Waals surface area contributed by atoms with Gasteiger partial charge in [0.1, 0.15) is 0 Å². The van der Waals surface area contributed by atoms with Crippen molar-refractivity contribution in [3.05, 3.63) is 29.3 Å². The van der Waals surface area contributed by atoms with Gasteiger partial charge in [0, 0.05) is 0 Å². The second-order valence-electron chi connectivity index (χ2n) is 4.46. The van der Waals surface area contributed by atoms with Crippen molar-refractivity contribution in [2.45, 2.75) is 24.7 Å². The van der Waals surface area contributed by atoms with Gasteiger partial charge in [-0.1, -0.05) is 17.7 Å². The zero-order valence-electron chi connectivity index (χ0n) is 8.76. The average Bonchev–Trinajstić information content (AvgIpc) is 2.02. The van der Waals surface area contributed by atoms with Crippen LogP contribution in [0.3, 0.4) is 0 Å². The Morgan fingerprint density at radius 3 is 2.77 bits per heavy atom. The molecule has 0 aromatic heterocycles. The topological polar surface area (TPSA) is 0 Å². The molecule has 1 aliphatic heterocycles. The van der Waals surface area contributed by atoms with E-state index >= 15 is 0 Å². The van der Waals surface area contributed by atoms with E-state index < -0.39 is 10.0 Å². The third-order valence-corrected chi connectivity index (χ3v) is 5.81. The van der Waals surface area contributed by atoms with Gasteiger partial charge in [-0.15, -0.1) is 0 Å². The molecule has 0 atom stereocenters. The van der Waals surface area contributed by atoms with Crippen molar-refractivity contribution in [3.63, 3.8) is 0 Å². The Kier molecular flexibility index (Phi) is 2.15. The fraction of sp³-hybridized carbons (Fsp3) is 0.500. The quantitative estimate of drug-likeness (QED) is 0.594. The van der Waals surface area contributed by atoms with E-state index in [2.05, 4.69) is 37.6 Å². The monoisotopic (exact) mass is 194 g/mol. The van der Waals surface area contributed by atoms with Crippen molar-refractivity contribution in [1.82, 2.24) is 0 Å².